The average molecular weight is 671 g/mol. The lowest BCUT2D eigenvalue weighted by molar-refractivity contribution is -0.346. The molecule has 1 aliphatic heterocycles. The third-order valence-electron chi connectivity index (χ3n) is 10.7. The van der Waals surface area contributed by atoms with Gasteiger partial charge in [-0.15, -0.1) is 0 Å². The van der Waals surface area contributed by atoms with Crippen molar-refractivity contribution in [2.75, 3.05) is 13.2 Å². The zero-order chi connectivity index (χ0) is 35.4. The van der Waals surface area contributed by atoms with E-state index in [-0.39, 0.29) is 42.8 Å². The van der Waals surface area contributed by atoms with Gasteiger partial charge in [0.1, 0.15) is 30.5 Å². The fraction of sp³-hybridized carbons (Fsp3) is 0.571. The van der Waals surface area contributed by atoms with Crippen LogP contribution < -0.4 is 0 Å². The predicted octanol–water partition coefficient (Wildman–Crippen LogP) is 3.00. The van der Waals surface area contributed by atoms with Crippen LogP contribution in [0.15, 0.2) is 54.1 Å². The van der Waals surface area contributed by atoms with Gasteiger partial charge in [-0.05, 0) is 37.1 Å². The highest BCUT2D eigenvalue weighted by molar-refractivity contribution is 5.95. The molecule has 0 aromatic heterocycles. The van der Waals surface area contributed by atoms with E-state index in [0.29, 0.717) is 0 Å². The summed E-state index contributed by atoms with van der Waals surface area (Å²) in [6.45, 7) is 11.5. The summed E-state index contributed by atoms with van der Waals surface area (Å²) in [5.41, 5.74) is -6.91. The second kappa shape index (κ2) is 12.4. The Bertz CT molecular complexity index is 1550. The van der Waals surface area contributed by atoms with Gasteiger partial charge in [0.05, 0.1) is 29.6 Å². The maximum absolute atomic E-state index is 15.3. The first-order valence-electron chi connectivity index (χ1n) is 15.8. The third-order valence-corrected chi connectivity index (χ3v) is 10.7. The summed E-state index contributed by atoms with van der Waals surface area (Å²) >= 11 is 0. The molecule has 9 atom stereocenters. The number of hydrogen-bond donors (Lipinski definition) is 2. The standard InChI is InChI=1S/C35H42O13/c1-8-14-43-31(41)46-23-15-24-34(17-44-24,48-20(4)37)27-29(47-30(40)21-12-10-9-11-13-21)35(42)16-22(38)18(2)25(32(35,5)6)26(45-19(3)36)28(39)33(23,27)7/h8-13,22-24,26-27,29,38,42H,1,14-17H2,2-7H3/t22-,23-,24+,26+,27?,29-,33+,34-,35+/m0/s1. The molecule has 0 spiro atoms. The Labute approximate surface area is 278 Å². The topological polar surface area (TPSA) is 181 Å². The number of fused-ring (bicyclic) bond motifs is 5. The van der Waals surface area contributed by atoms with Crippen molar-refractivity contribution in [1.29, 1.82) is 0 Å². The van der Waals surface area contributed by atoms with Crippen molar-refractivity contribution < 1.29 is 62.6 Å². The van der Waals surface area contributed by atoms with Gasteiger partial charge in [-0.2, -0.15) is 0 Å². The Morgan fingerprint density at radius 2 is 1.71 bits per heavy atom. The van der Waals surface area contributed by atoms with Crippen molar-refractivity contribution in [3.05, 3.63) is 59.7 Å². The van der Waals surface area contributed by atoms with Crippen molar-refractivity contribution in [3.8, 4) is 0 Å². The van der Waals surface area contributed by atoms with Crippen LogP contribution in [-0.4, -0.2) is 95.0 Å². The molecule has 2 saturated carbocycles. The van der Waals surface area contributed by atoms with Gasteiger partial charge in [0.2, 0.25) is 0 Å². The molecule has 260 valence electrons. The lowest BCUT2D eigenvalue weighted by Gasteiger charge is -2.67. The monoisotopic (exact) mass is 670 g/mol. The number of carbonyl (C=O) groups excluding carboxylic acids is 5. The Kier molecular flexibility index (Phi) is 9.12. The highest BCUT2D eigenvalue weighted by atomic mass is 16.7. The van der Waals surface area contributed by atoms with Gasteiger partial charge in [0.25, 0.3) is 0 Å². The fourth-order valence-corrected chi connectivity index (χ4v) is 8.33. The lowest BCUT2D eigenvalue weighted by Crippen LogP contribution is -2.82. The summed E-state index contributed by atoms with van der Waals surface area (Å²) < 4.78 is 34.8. The van der Waals surface area contributed by atoms with Crippen molar-refractivity contribution >= 4 is 29.8 Å². The van der Waals surface area contributed by atoms with E-state index in [1.807, 2.05) is 0 Å². The number of carbonyl (C=O) groups is 5. The maximum atomic E-state index is 15.3. The van der Waals surface area contributed by atoms with E-state index in [1.165, 1.54) is 32.1 Å². The van der Waals surface area contributed by atoms with Gasteiger partial charge in [-0.1, -0.05) is 44.7 Å². The molecule has 0 amide bonds. The summed E-state index contributed by atoms with van der Waals surface area (Å²) in [6, 6.07) is 7.95. The van der Waals surface area contributed by atoms with E-state index in [0.717, 1.165) is 6.92 Å². The first-order chi connectivity index (χ1) is 22.5. The second-order valence-electron chi connectivity index (χ2n) is 13.7. The number of aliphatic hydroxyl groups is 2. The third kappa shape index (κ3) is 5.32. The van der Waals surface area contributed by atoms with E-state index in [4.69, 9.17) is 28.4 Å². The number of rotatable bonds is 7. The number of ketones is 1. The maximum Gasteiger partial charge on any atom is 0.508 e. The SMILES string of the molecule is C=CCOC(=O)O[C@H]1C[C@H]2OC[C@@]2(OC(C)=O)C2[C@H](OC(=O)c3ccccc3)[C@]3(O)C[C@H](O)C(C)=C([C@@H](OC(C)=O)C(=O)[C@@]21C)C3(C)C. The molecule has 4 aliphatic rings. The van der Waals surface area contributed by atoms with E-state index >= 15 is 4.79 Å². The zero-order valence-electron chi connectivity index (χ0n) is 27.8. The van der Waals surface area contributed by atoms with E-state index in [2.05, 4.69) is 6.58 Å². The first kappa shape index (κ1) is 35.2. The number of ether oxygens (including phenoxy) is 6. The van der Waals surface area contributed by atoms with Gasteiger partial charge >= 0.3 is 24.1 Å². The molecule has 5 rings (SSSR count). The Hall–Kier alpha value is -4.07. The molecule has 3 aliphatic carbocycles. The van der Waals surface area contributed by atoms with Gasteiger partial charge in [-0.25, -0.2) is 9.59 Å². The largest absolute Gasteiger partial charge is 0.508 e. The number of esters is 3. The smallest absolute Gasteiger partial charge is 0.455 e. The molecule has 13 heteroatoms. The number of aliphatic hydroxyl groups excluding tert-OH is 1. The molecule has 48 heavy (non-hydrogen) atoms. The van der Waals surface area contributed by atoms with Crippen molar-refractivity contribution in [3.63, 3.8) is 0 Å². The van der Waals surface area contributed by atoms with Crippen LogP contribution in [0.2, 0.25) is 0 Å². The highest BCUT2D eigenvalue weighted by Gasteiger charge is 2.79. The molecule has 1 aromatic carbocycles. The molecule has 2 bridgehead atoms. The van der Waals surface area contributed by atoms with Gasteiger partial charge in [-0.3, -0.25) is 14.4 Å². The normalized spacial score (nSPS) is 36.5. The van der Waals surface area contributed by atoms with Crippen LogP contribution in [0.4, 0.5) is 4.79 Å². The quantitative estimate of drug-likeness (QED) is 0.246. The summed E-state index contributed by atoms with van der Waals surface area (Å²) in [7, 11) is 0. The van der Waals surface area contributed by atoms with Crippen molar-refractivity contribution in [2.45, 2.75) is 96.1 Å². The van der Waals surface area contributed by atoms with Crippen LogP contribution in [-0.2, 0) is 42.8 Å². The Morgan fingerprint density at radius 1 is 1.04 bits per heavy atom. The summed E-state index contributed by atoms with van der Waals surface area (Å²) in [6.07, 6.45) is -7.54. The van der Waals surface area contributed by atoms with Crippen LogP contribution in [0, 0.1) is 16.7 Å². The number of benzene rings is 1. The molecular weight excluding hydrogens is 628 g/mol. The Balaban J connectivity index is 1.85. The minimum atomic E-state index is -2.20. The van der Waals surface area contributed by atoms with Gasteiger partial charge in [0, 0.05) is 32.1 Å². The fourth-order valence-electron chi connectivity index (χ4n) is 8.33. The first-order valence-corrected chi connectivity index (χ1v) is 15.8. The molecule has 1 aromatic rings. The van der Waals surface area contributed by atoms with Crippen molar-refractivity contribution in [1.82, 2.24) is 0 Å². The minimum Gasteiger partial charge on any atom is -0.455 e. The highest BCUT2D eigenvalue weighted by Crippen LogP contribution is 2.64. The Morgan fingerprint density at radius 3 is 2.27 bits per heavy atom. The van der Waals surface area contributed by atoms with Gasteiger partial charge in [0.15, 0.2) is 17.5 Å². The van der Waals surface area contributed by atoms with Crippen molar-refractivity contribution in [2.24, 2.45) is 16.7 Å². The van der Waals surface area contributed by atoms with E-state index < -0.39 is 88.3 Å². The lowest BCUT2D eigenvalue weighted by atomic mass is 9.44. The summed E-state index contributed by atoms with van der Waals surface area (Å²) in [5, 5.41) is 24.5. The second-order valence-corrected chi connectivity index (χ2v) is 13.7. The molecule has 1 unspecified atom stereocenters. The van der Waals surface area contributed by atoms with Crippen LogP contribution in [0.25, 0.3) is 0 Å². The predicted molar refractivity (Wildman–Crippen MR) is 165 cm³/mol. The molecule has 1 saturated heterocycles. The molecule has 13 nitrogen and oxygen atoms in total. The summed E-state index contributed by atoms with van der Waals surface area (Å²) in [4.78, 5) is 67.7. The van der Waals surface area contributed by atoms with Crippen LogP contribution in [0.3, 0.4) is 0 Å². The molecule has 2 N–H and O–H groups in total. The van der Waals surface area contributed by atoms with E-state index in [1.54, 1.807) is 39.0 Å². The van der Waals surface area contributed by atoms with Gasteiger partial charge < -0.3 is 38.6 Å². The van der Waals surface area contributed by atoms with E-state index in [9.17, 15) is 29.4 Å². The minimum absolute atomic E-state index is 0.103. The molecular formula is C35H42O13. The number of hydrogen-bond acceptors (Lipinski definition) is 13. The molecule has 3 fully saturated rings. The van der Waals surface area contributed by atoms with Crippen LogP contribution in [0.5, 0.6) is 0 Å². The number of Topliss-reactive ketones (excluding diaryl/α,β-unsaturated/α-hetero) is 1. The average Bonchev–Trinajstić information content (AvgIpc) is 3.01. The summed E-state index contributed by atoms with van der Waals surface area (Å²) in [5.74, 6) is -4.73. The molecule has 0 radical (unpaired) electrons. The van der Waals surface area contributed by atoms with Crippen LogP contribution in [0.1, 0.15) is 64.7 Å². The van der Waals surface area contributed by atoms with Crippen LogP contribution >= 0.6 is 0 Å². The zero-order valence-corrected chi connectivity index (χ0v) is 27.8. The molecule has 1 heterocycles.